The normalized spacial score (nSPS) is 11.6. The standard InChI is InChI=1S/C22H19ClN4O3.C22H23ClN4O.C21H17Cl2N3O2.C20H17ClN2O4S/c23-18-6-5-16(13-17(18)19-3-1-2-8-24-19)26-21(28)15-4-7-20(25-14-15)22(29)27-9-11-30-12-10-27;1-14(2)13-25-21-10-8-17(15(3)26-21)22(28)27-16-7-9-19(23)18(12-16)20-6-4-5-11-24-20;1-26(2)21(28)13-6-8-15(18(23)11-13)20(27)25-14-7-9-17(22)16(12-14)19-5-3-4-10-24-19;1-28(26,27)12-14-6-5-13(10-19(14)24)20(25)23-15-7-8-17(21)16(11-15)18-4-2-3-9-22-18/h1-8,13-14H,9-12H2,(H,26,28);4-12,14H,13H2,1-3H3,(H,25,26)(H,27,28);3-12H,1-2H3,(H,25,27);2-11,24H,12H2,1H3,(H,23,25). The van der Waals surface area contributed by atoms with E-state index in [2.05, 4.69) is 70.3 Å². The van der Waals surface area contributed by atoms with Crippen molar-refractivity contribution in [2.24, 2.45) is 5.92 Å². The first-order valence-corrected chi connectivity index (χ1v) is 39.2. The van der Waals surface area contributed by atoms with Crippen LogP contribution in [0.25, 0.3) is 45.0 Å². The number of nitrogens with zero attached hydrogens (tertiary/aromatic N) is 8. The zero-order chi connectivity index (χ0) is 81.6. The van der Waals surface area contributed by atoms with Crippen LogP contribution in [-0.2, 0) is 20.3 Å². The van der Waals surface area contributed by atoms with E-state index in [1.165, 1.54) is 41.4 Å². The van der Waals surface area contributed by atoms with Gasteiger partial charge in [-0.25, -0.2) is 13.4 Å². The molecule has 0 atom stereocenters. The summed E-state index contributed by atoms with van der Waals surface area (Å²) >= 11 is 31.3. The van der Waals surface area contributed by atoms with Crippen molar-refractivity contribution in [1.29, 1.82) is 0 Å². The van der Waals surface area contributed by atoms with Gasteiger partial charge in [0.05, 0.1) is 89.2 Å². The van der Waals surface area contributed by atoms with Gasteiger partial charge in [-0.2, -0.15) is 0 Å². The topological polar surface area (TPSA) is 310 Å². The molecule has 7 heterocycles. The quantitative estimate of drug-likeness (QED) is 0.0438. The van der Waals surface area contributed by atoms with Gasteiger partial charge in [-0.05, 0) is 189 Å². The molecule has 1 aliphatic rings. The molecule has 0 bridgehead atoms. The molecule has 12 aromatic rings. The van der Waals surface area contributed by atoms with E-state index < -0.39 is 15.7 Å². The number of ether oxygens (including phenoxy) is 1. The fourth-order valence-corrected chi connectivity index (χ4v) is 13.0. The van der Waals surface area contributed by atoms with Crippen molar-refractivity contribution in [3.8, 4) is 50.8 Å². The van der Waals surface area contributed by atoms with Crippen LogP contribution in [0.4, 0.5) is 28.6 Å². The van der Waals surface area contributed by atoms with Crippen LogP contribution in [0.2, 0.25) is 25.1 Å². The Balaban J connectivity index is 0.000000161. The second kappa shape index (κ2) is 40.0. The van der Waals surface area contributed by atoms with E-state index in [1.54, 1.807) is 141 Å². The number of hydrogen-bond donors (Lipinski definition) is 6. The predicted molar refractivity (Wildman–Crippen MR) is 450 cm³/mol. The molecular weight excluding hydrogens is 1570 g/mol. The predicted octanol–water partition coefficient (Wildman–Crippen LogP) is 17.9. The summed E-state index contributed by atoms with van der Waals surface area (Å²) in [4.78, 5) is 104. The van der Waals surface area contributed by atoms with E-state index >= 15 is 0 Å². The molecular formula is C85H76Cl5N13O10S. The van der Waals surface area contributed by atoms with Gasteiger partial charge >= 0.3 is 0 Å². The average molecular weight is 1650 g/mol. The number of hydrogen-bond acceptors (Lipinski definition) is 17. The summed E-state index contributed by atoms with van der Waals surface area (Å²) in [7, 11) is 0.00323. The largest absolute Gasteiger partial charge is 0.508 e. The highest BCUT2D eigenvalue weighted by Gasteiger charge is 2.23. The fraction of sp³-hybridized carbons (Fsp3) is 0.153. The van der Waals surface area contributed by atoms with Crippen LogP contribution in [0.1, 0.15) is 87.4 Å². The SMILES string of the molecule is CN(C)C(=O)c1ccc(C(=O)Nc2ccc(Cl)c(-c3ccccn3)c2)c(Cl)c1.CS(=O)(=O)Cc1ccc(C(=O)Nc2ccc(Cl)c(-c3ccccn3)c2)cc1O.Cc1nc(NCC(C)C)ccc1C(=O)Nc1ccc(Cl)c(-c2ccccn2)c1.O=C(Nc1ccc(Cl)c(-c2ccccn2)c1)c1ccc(C(=O)N2CCOCC2)nc1. The van der Waals surface area contributed by atoms with Gasteiger partial charge in [-0.1, -0.05) is 102 Å². The van der Waals surface area contributed by atoms with E-state index in [1.807, 2.05) is 85.8 Å². The van der Waals surface area contributed by atoms with E-state index in [0.717, 1.165) is 35.4 Å². The molecule has 6 aromatic carbocycles. The number of morpholine rings is 1. The highest BCUT2D eigenvalue weighted by Crippen LogP contribution is 2.35. The maximum Gasteiger partial charge on any atom is 0.272 e. The first-order chi connectivity index (χ1) is 54.6. The first kappa shape index (κ1) is 84.4. The van der Waals surface area contributed by atoms with E-state index in [-0.39, 0.29) is 62.8 Å². The van der Waals surface area contributed by atoms with Crippen molar-refractivity contribution < 1.29 is 47.0 Å². The Morgan fingerprint density at radius 1 is 0.491 bits per heavy atom. The van der Waals surface area contributed by atoms with Crippen molar-refractivity contribution >= 4 is 132 Å². The summed E-state index contributed by atoms with van der Waals surface area (Å²) in [5.41, 5.74) is 11.0. The molecule has 6 N–H and O–H groups in total. The third-order valence-corrected chi connectivity index (χ3v) is 19.3. The number of halogens is 5. The first-order valence-electron chi connectivity index (χ1n) is 35.3. The molecule has 13 rings (SSSR count). The molecule has 6 amide bonds. The lowest BCUT2D eigenvalue weighted by Crippen LogP contribution is -2.41. The van der Waals surface area contributed by atoms with Crippen LogP contribution in [0.15, 0.2) is 237 Å². The van der Waals surface area contributed by atoms with Crippen LogP contribution >= 0.6 is 58.0 Å². The van der Waals surface area contributed by atoms with E-state index in [4.69, 9.17) is 62.7 Å². The zero-order valence-corrected chi connectivity index (χ0v) is 66.9. The van der Waals surface area contributed by atoms with Crippen molar-refractivity contribution in [3.05, 3.63) is 307 Å². The highest BCUT2D eigenvalue weighted by atomic mass is 35.5. The van der Waals surface area contributed by atoms with Gasteiger partial charge in [-0.3, -0.25) is 53.7 Å². The molecule has 0 radical (unpaired) electrons. The molecule has 0 saturated carbocycles. The number of pyridine rings is 6. The van der Waals surface area contributed by atoms with Gasteiger partial charge in [0.2, 0.25) is 0 Å². The van der Waals surface area contributed by atoms with Crippen molar-refractivity contribution in [1.82, 2.24) is 39.7 Å². The number of nitrogens with one attached hydrogen (secondary N) is 5. The van der Waals surface area contributed by atoms with E-state index in [9.17, 15) is 42.3 Å². The van der Waals surface area contributed by atoms with E-state index in [0.29, 0.717) is 131 Å². The van der Waals surface area contributed by atoms with Gasteiger partial charge < -0.3 is 46.2 Å². The smallest absolute Gasteiger partial charge is 0.272 e. The average Bonchev–Trinajstić information content (AvgIpc) is 0.839. The summed E-state index contributed by atoms with van der Waals surface area (Å²) in [5, 5.41) is 26.9. The number of amides is 6. The molecule has 114 heavy (non-hydrogen) atoms. The minimum atomic E-state index is -3.30. The number of carbonyl (C=O) groups is 6. The molecule has 0 spiro atoms. The monoisotopic (exact) mass is 1650 g/mol. The number of phenolic OH excluding ortho intramolecular Hbond substituents is 1. The lowest BCUT2D eigenvalue weighted by molar-refractivity contribution is 0.0299. The number of benzene rings is 6. The molecule has 0 unspecified atom stereocenters. The summed E-state index contributed by atoms with van der Waals surface area (Å²) in [6, 6.07) is 58.3. The van der Waals surface area contributed by atoms with Crippen molar-refractivity contribution in [3.63, 3.8) is 0 Å². The molecule has 1 saturated heterocycles. The Kier molecular flexibility index (Phi) is 29.6. The number of aromatic nitrogens is 6. The van der Waals surface area contributed by atoms with Crippen LogP contribution < -0.4 is 26.6 Å². The summed E-state index contributed by atoms with van der Waals surface area (Å²) < 4.78 is 28.0. The summed E-state index contributed by atoms with van der Waals surface area (Å²) in [6.07, 6.45) is 9.19. The van der Waals surface area contributed by atoms with Crippen LogP contribution in [0.5, 0.6) is 5.75 Å². The molecule has 1 fully saturated rings. The van der Waals surface area contributed by atoms with Crippen molar-refractivity contribution in [2.45, 2.75) is 26.5 Å². The van der Waals surface area contributed by atoms with Crippen LogP contribution in [0.3, 0.4) is 0 Å². The molecule has 0 aliphatic carbocycles. The zero-order valence-electron chi connectivity index (χ0n) is 62.3. The lowest BCUT2D eigenvalue weighted by Gasteiger charge is -2.26. The Bertz CT molecular complexity index is 5570. The summed E-state index contributed by atoms with van der Waals surface area (Å²) in [5.74, 6) is -0.992. The Morgan fingerprint density at radius 3 is 1.30 bits per heavy atom. The minimum absolute atomic E-state index is 0.164. The van der Waals surface area contributed by atoms with Gasteiger partial charge in [-0.15, -0.1) is 0 Å². The second-order valence-corrected chi connectivity index (χ2v) is 30.4. The Hall–Kier alpha value is -12.0. The molecule has 6 aromatic heterocycles. The van der Waals surface area contributed by atoms with Gasteiger partial charge in [0, 0.05) is 133 Å². The number of phenols is 1. The van der Waals surface area contributed by atoms with Crippen LogP contribution in [-0.4, -0.2) is 142 Å². The number of rotatable bonds is 19. The van der Waals surface area contributed by atoms with Gasteiger partial charge in [0.15, 0.2) is 9.84 Å². The number of sulfone groups is 1. The molecule has 23 nitrogen and oxygen atoms in total. The van der Waals surface area contributed by atoms with Gasteiger partial charge in [0.1, 0.15) is 17.3 Å². The third-order valence-electron chi connectivity index (χ3n) is 16.9. The maximum absolute atomic E-state index is 12.7. The maximum atomic E-state index is 12.7. The number of carbonyl (C=O) groups excluding carboxylic acids is 6. The fourth-order valence-electron chi connectivity index (χ4n) is 11.1. The molecule has 582 valence electrons. The van der Waals surface area contributed by atoms with Gasteiger partial charge in [0.25, 0.3) is 35.4 Å². The highest BCUT2D eigenvalue weighted by molar-refractivity contribution is 7.89. The minimum Gasteiger partial charge on any atom is -0.508 e. The summed E-state index contributed by atoms with van der Waals surface area (Å²) in [6.45, 7) is 9.05. The number of aromatic hydroxyl groups is 1. The van der Waals surface area contributed by atoms with Crippen LogP contribution in [0, 0.1) is 12.8 Å². The third kappa shape index (κ3) is 23.8. The molecule has 29 heteroatoms. The molecule has 1 aliphatic heterocycles. The second-order valence-electron chi connectivity index (χ2n) is 26.2. The lowest BCUT2D eigenvalue weighted by atomic mass is 10.1. The Morgan fingerprint density at radius 2 is 0.912 bits per heavy atom. The number of anilines is 5. The number of aryl methyl sites for hydroxylation is 1. The Labute approximate surface area is 684 Å². The van der Waals surface area contributed by atoms with Crippen molar-refractivity contribution in [2.75, 3.05) is 79.8 Å².